The molecule has 0 amide bonds. The first kappa shape index (κ1) is 15.0. The first-order chi connectivity index (χ1) is 11.5. The van der Waals surface area contributed by atoms with Gasteiger partial charge in [-0.3, -0.25) is 14.5 Å². The van der Waals surface area contributed by atoms with E-state index in [0.717, 1.165) is 19.5 Å². The van der Waals surface area contributed by atoms with Gasteiger partial charge in [-0.1, -0.05) is 19.1 Å². The minimum atomic E-state index is -0.896. The van der Waals surface area contributed by atoms with Gasteiger partial charge in [0.05, 0.1) is 5.60 Å². The molecular formula is C19H23NO4. The van der Waals surface area contributed by atoms with Crippen molar-refractivity contribution in [2.24, 2.45) is 23.2 Å². The summed E-state index contributed by atoms with van der Waals surface area (Å²) < 4.78 is 6.05. The first-order valence-electron chi connectivity index (χ1n) is 8.99. The number of likely N-dealkylation sites (tertiary alicyclic amines) is 1. The molecule has 0 aromatic carbocycles. The van der Waals surface area contributed by atoms with E-state index in [1.54, 1.807) is 6.08 Å². The highest BCUT2D eigenvalue weighted by Crippen LogP contribution is 2.81. The van der Waals surface area contributed by atoms with Gasteiger partial charge in [0.15, 0.2) is 11.6 Å². The molecule has 5 heteroatoms. The summed E-state index contributed by atoms with van der Waals surface area (Å²) >= 11 is 0. The summed E-state index contributed by atoms with van der Waals surface area (Å²) in [6, 6.07) is 0.0223. The molecule has 1 spiro atoms. The standard InChI is InChI=1S/C19H23NO4/c1-3-7-20-9-13-18-15-10(8-14(20)19(13,18)23)5-6-12(22)16(15)24-17(18)11(21)4-2/h3,5-6,10,13-17,23H,1,4,7-9H2,2H3. The van der Waals surface area contributed by atoms with Crippen LogP contribution in [0.1, 0.15) is 19.8 Å². The third kappa shape index (κ3) is 1.33. The van der Waals surface area contributed by atoms with Gasteiger partial charge in [-0.15, -0.1) is 6.58 Å². The minimum absolute atomic E-state index is 0.0223. The highest BCUT2D eigenvalue weighted by molar-refractivity contribution is 5.97. The Labute approximate surface area is 141 Å². The van der Waals surface area contributed by atoms with Gasteiger partial charge in [0.1, 0.15) is 12.2 Å². The Balaban J connectivity index is 1.64. The lowest BCUT2D eigenvalue weighted by atomic mass is 9.61. The lowest BCUT2D eigenvalue weighted by Gasteiger charge is -2.46. The van der Waals surface area contributed by atoms with E-state index in [1.807, 2.05) is 19.1 Å². The fraction of sp³-hybridized carbons (Fsp3) is 0.684. The van der Waals surface area contributed by atoms with Crippen molar-refractivity contribution in [1.29, 1.82) is 0 Å². The fourth-order valence-corrected chi connectivity index (χ4v) is 6.68. The van der Waals surface area contributed by atoms with Crippen LogP contribution in [0.5, 0.6) is 0 Å². The number of carbonyl (C=O) groups excluding carboxylic acids is 2. The Morgan fingerprint density at radius 2 is 2.38 bits per heavy atom. The molecule has 5 rings (SSSR count). The molecule has 5 nitrogen and oxygen atoms in total. The maximum absolute atomic E-state index is 12.6. The maximum Gasteiger partial charge on any atom is 0.184 e. The smallest absolute Gasteiger partial charge is 0.184 e. The van der Waals surface area contributed by atoms with Crippen LogP contribution >= 0.6 is 0 Å². The van der Waals surface area contributed by atoms with E-state index in [1.165, 1.54) is 0 Å². The summed E-state index contributed by atoms with van der Waals surface area (Å²) in [4.78, 5) is 27.3. The second-order valence-electron chi connectivity index (χ2n) is 8.01. The van der Waals surface area contributed by atoms with Gasteiger partial charge in [0.2, 0.25) is 0 Å². The summed E-state index contributed by atoms with van der Waals surface area (Å²) in [5.74, 6) is 0.152. The average molecular weight is 329 g/mol. The Bertz CT molecular complexity index is 687. The molecule has 3 aliphatic carbocycles. The van der Waals surface area contributed by atoms with E-state index < -0.39 is 23.2 Å². The lowest BCUT2D eigenvalue weighted by molar-refractivity contribution is -0.138. The van der Waals surface area contributed by atoms with E-state index in [-0.39, 0.29) is 35.4 Å². The van der Waals surface area contributed by atoms with Crippen molar-refractivity contribution in [3.8, 4) is 0 Å². The molecule has 0 bridgehead atoms. The van der Waals surface area contributed by atoms with Crippen LogP contribution < -0.4 is 0 Å². The van der Waals surface area contributed by atoms with Gasteiger partial charge in [-0.2, -0.15) is 0 Å². The number of hydrogen-bond donors (Lipinski definition) is 1. The maximum atomic E-state index is 12.6. The molecule has 8 unspecified atom stereocenters. The van der Waals surface area contributed by atoms with E-state index in [4.69, 9.17) is 4.74 Å². The number of nitrogens with zero attached hydrogens (tertiary/aromatic N) is 1. The van der Waals surface area contributed by atoms with Crippen molar-refractivity contribution >= 4 is 11.6 Å². The van der Waals surface area contributed by atoms with Crippen LogP contribution in [0.2, 0.25) is 0 Å². The summed E-state index contributed by atoms with van der Waals surface area (Å²) in [5.41, 5.74) is -1.46. The van der Waals surface area contributed by atoms with Crippen LogP contribution in [0.15, 0.2) is 24.8 Å². The van der Waals surface area contributed by atoms with Crippen molar-refractivity contribution in [2.75, 3.05) is 13.1 Å². The molecular weight excluding hydrogens is 306 g/mol. The van der Waals surface area contributed by atoms with Crippen molar-refractivity contribution in [3.63, 3.8) is 0 Å². The highest BCUT2D eigenvalue weighted by atomic mass is 16.5. The zero-order valence-electron chi connectivity index (χ0n) is 13.9. The zero-order valence-corrected chi connectivity index (χ0v) is 13.9. The highest BCUT2D eigenvalue weighted by Gasteiger charge is 2.93. The first-order valence-corrected chi connectivity index (χ1v) is 8.99. The summed E-state index contributed by atoms with van der Waals surface area (Å²) in [7, 11) is 0. The number of hydrogen-bond acceptors (Lipinski definition) is 5. The number of carbonyl (C=O) groups is 2. The number of rotatable bonds is 4. The Kier molecular flexibility index (Phi) is 2.78. The van der Waals surface area contributed by atoms with Crippen molar-refractivity contribution in [3.05, 3.63) is 24.8 Å². The van der Waals surface area contributed by atoms with Crippen LogP contribution in [0.25, 0.3) is 0 Å². The van der Waals surface area contributed by atoms with Gasteiger partial charge in [-0.05, 0) is 18.4 Å². The molecule has 1 N–H and O–H groups in total. The number of Topliss-reactive ketones (excluding diaryl/α,β-unsaturated/α-hetero) is 1. The molecule has 2 heterocycles. The number of ether oxygens (including phenoxy) is 1. The average Bonchev–Trinajstić information content (AvgIpc) is 2.82. The van der Waals surface area contributed by atoms with Crippen LogP contribution in [0.4, 0.5) is 0 Å². The molecule has 2 saturated heterocycles. The Hall–Kier alpha value is -1.30. The number of piperidine rings is 1. The van der Waals surface area contributed by atoms with Crippen LogP contribution in [0.3, 0.4) is 0 Å². The molecule has 5 aliphatic rings. The zero-order chi connectivity index (χ0) is 16.9. The predicted molar refractivity (Wildman–Crippen MR) is 86.1 cm³/mol. The molecule has 0 aromatic rings. The second kappa shape index (κ2) is 4.45. The normalized spacial score (nSPS) is 53.7. The molecule has 2 saturated carbocycles. The van der Waals surface area contributed by atoms with Gasteiger partial charge >= 0.3 is 0 Å². The largest absolute Gasteiger partial charge is 0.387 e. The molecule has 128 valence electrons. The van der Waals surface area contributed by atoms with E-state index in [0.29, 0.717) is 6.42 Å². The van der Waals surface area contributed by atoms with E-state index in [9.17, 15) is 14.7 Å². The second-order valence-corrected chi connectivity index (χ2v) is 8.01. The van der Waals surface area contributed by atoms with Gasteiger partial charge in [-0.25, -0.2) is 0 Å². The Morgan fingerprint density at radius 3 is 3.08 bits per heavy atom. The quantitative estimate of drug-likeness (QED) is 0.770. The SMILES string of the molecule is C=CCN1CC2C3(O)C1CC1C=CC(=O)C4OC(C(=O)CC)C23C14. The molecule has 2 aliphatic heterocycles. The van der Waals surface area contributed by atoms with Crippen LogP contribution in [-0.4, -0.2) is 58.5 Å². The number of aliphatic hydroxyl groups is 1. The topological polar surface area (TPSA) is 66.8 Å². The van der Waals surface area contributed by atoms with Crippen molar-refractivity contribution in [2.45, 2.75) is 43.6 Å². The summed E-state index contributed by atoms with van der Waals surface area (Å²) in [6.45, 7) is 7.16. The summed E-state index contributed by atoms with van der Waals surface area (Å²) in [5, 5.41) is 11.6. The van der Waals surface area contributed by atoms with Crippen LogP contribution in [-0.2, 0) is 14.3 Å². The molecule has 24 heavy (non-hydrogen) atoms. The molecule has 8 atom stereocenters. The van der Waals surface area contributed by atoms with Crippen molar-refractivity contribution < 1.29 is 19.4 Å². The monoisotopic (exact) mass is 329 g/mol. The number of ketones is 2. The number of allylic oxidation sites excluding steroid dienone is 1. The minimum Gasteiger partial charge on any atom is -0.387 e. The molecule has 4 fully saturated rings. The lowest BCUT2D eigenvalue weighted by Crippen LogP contribution is -2.57. The van der Waals surface area contributed by atoms with Gasteiger partial charge < -0.3 is 9.84 Å². The predicted octanol–water partition coefficient (Wildman–Crippen LogP) is 0.725. The molecule has 0 aromatic heterocycles. The van der Waals surface area contributed by atoms with Crippen molar-refractivity contribution in [1.82, 2.24) is 4.90 Å². The van der Waals surface area contributed by atoms with E-state index in [2.05, 4.69) is 11.5 Å². The van der Waals surface area contributed by atoms with Gasteiger partial charge in [0, 0.05) is 42.8 Å². The third-order valence-corrected chi connectivity index (χ3v) is 7.43. The fourth-order valence-electron chi connectivity index (χ4n) is 6.68. The summed E-state index contributed by atoms with van der Waals surface area (Å²) in [6.07, 6.45) is 5.50. The Morgan fingerprint density at radius 1 is 1.58 bits per heavy atom. The van der Waals surface area contributed by atoms with Crippen LogP contribution in [0, 0.1) is 23.2 Å². The van der Waals surface area contributed by atoms with E-state index >= 15 is 0 Å². The third-order valence-electron chi connectivity index (χ3n) is 7.43. The molecule has 0 radical (unpaired) electrons. The van der Waals surface area contributed by atoms with Gasteiger partial charge in [0.25, 0.3) is 0 Å².